The van der Waals surface area contributed by atoms with Gasteiger partial charge in [0.05, 0.1) is 18.2 Å². The number of aromatic nitrogens is 2. The Hall–Kier alpha value is -1.48. The number of hydrogen-bond donors (Lipinski definition) is 3. The summed E-state index contributed by atoms with van der Waals surface area (Å²) in [5, 5.41) is 19.3. The van der Waals surface area contributed by atoms with Gasteiger partial charge >= 0.3 is 5.69 Å². The van der Waals surface area contributed by atoms with Crippen LogP contribution >= 0.6 is 0 Å². The van der Waals surface area contributed by atoms with Crippen molar-refractivity contribution < 1.29 is 14.9 Å². The van der Waals surface area contributed by atoms with Crippen LogP contribution < -0.4 is 11.2 Å². The molecule has 0 radical (unpaired) electrons. The third-order valence-corrected chi connectivity index (χ3v) is 3.89. The number of aromatic amines is 1. The zero-order valence-corrected chi connectivity index (χ0v) is 11.0. The number of rotatable bonds is 2. The second-order valence-electron chi connectivity index (χ2n) is 5.44. The summed E-state index contributed by atoms with van der Waals surface area (Å²) in [6.45, 7) is 1.42. The Labute approximate surface area is 114 Å². The maximum absolute atomic E-state index is 11.9. The third kappa shape index (κ3) is 2.10. The van der Waals surface area contributed by atoms with E-state index in [1.165, 1.54) is 10.8 Å². The smallest absolute Gasteiger partial charge is 0.328 e. The van der Waals surface area contributed by atoms with E-state index in [-0.39, 0.29) is 18.2 Å². The summed E-state index contributed by atoms with van der Waals surface area (Å²) in [4.78, 5) is 28.0. The highest BCUT2D eigenvalue weighted by atomic mass is 16.5. The molecule has 8 nitrogen and oxygen atoms in total. The van der Waals surface area contributed by atoms with E-state index < -0.39 is 29.6 Å². The molecule has 110 valence electrons. The lowest BCUT2D eigenvalue weighted by molar-refractivity contribution is 0.0211. The fraction of sp³-hybridized carbons (Fsp3) is 0.667. The first-order chi connectivity index (χ1) is 9.47. The summed E-state index contributed by atoms with van der Waals surface area (Å²) >= 11 is 0. The molecule has 2 saturated heterocycles. The van der Waals surface area contributed by atoms with E-state index in [0.29, 0.717) is 0 Å². The van der Waals surface area contributed by atoms with Crippen molar-refractivity contribution >= 4 is 0 Å². The van der Waals surface area contributed by atoms with E-state index in [1.54, 1.807) is 0 Å². The van der Waals surface area contributed by atoms with Crippen molar-refractivity contribution in [2.45, 2.75) is 24.4 Å². The summed E-state index contributed by atoms with van der Waals surface area (Å²) in [6, 6.07) is 0.00608. The van der Waals surface area contributed by atoms with Crippen LogP contribution in [0, 0.1) is 0 Å². The van der Waals surface area contributed by atoms with Crippen molar-refractivity contribution in [2.75, 3.05) is 26.7 Å². The van der Waals surface area contributed by atoms with Gasteiger partial charge in [0, 0.05) is 19.3 Å². The quantitative estimate of drug-likeness (QED) is 0.569. The molecule has 0 aromatic carbocycles. The largest absolute Gasteiger partial charge is 0.388 e. The van der Waals surface area contributed by atoms with Crippen molar-refractivity contribution in [1.29, 1.82) is 0 Å². The van der Waals surface area contributed by atoms with Gasteiger partial charge in [-0.2, -0.15) is 0 Å². The molecule has 3 rings (SSSR count). The lowest BCUT2D eigenvalue weighted by atomic mass is 10.1. The Morgan fingerprint density at radius 2 is 2.05 bits per heavy atom. The second kappa shape index (κ2) is 4.81. The van der Waals surface area contributed by atoms with Crippen LogP contribution in [0.2, 0.25) is 0 Å². The first-order valence-electron chi connectivity index (χ1n) is 6.49. The second-order valence-corrected chi connectivity index (χ2v) is 5.44. The third-order valence-electron chi connectivity index (χ3n) is 3.89. The molecule has 3 N–H and O–H groups in total. The van der Waals surface area contributed by atoms with E-state index in [9.17, 15) is 19.8 Å². The zero-order chi connectivity index (χ0) is 14.4. The molecule has 0 unspecified atom stereocenters. The van der Waals surface area contributed by atoms with Crippen LogP contribution in [0.25, 0.3) is 0 Å². The van der Waals surface area contributed by atoms with Gasteiger partial charge in [-0.15, -0.1) is 0 Å². The molecule has 8 heteroatoms. The number of likely N-dealkylation sites (N-methyl/N-ethyl adjacent to an activating group) is 1. The molecule has 1 aromatic rings. The fourth-order valence-electron chi connectivity index (χ4n) is 2.69. The highest BCUT2D eigenvalue weighted by molar-refractivity contribution is 5.14. The predicted octanol–water partition coefficient (Wildman–Crippen LogP) is -2.18. The average Bonchev–Trinajstić information content (AvgIpc) is 2.68. The minimum Gasteiger partial charge on any atom is -0.388 e. The van der Waals surface area contributed by atoms with Crippen LogP contribution in [0.3, 0.4) is 0 Å². The summed E-state index contributed by atoms with van der Waals surface area (Å²) in [6.07, 6.45) is -1.65. The van der Waals surface area contributed by atoms with Crippen LogP contribution in [0.15, 0.2) is 15.8 Å². The first-order valence-corrected chi connectivity index (χ1v) is 6.49. The predicted molar refractivity (Wildman–Crippen MR) is 68.6 cm³/mol. The molecule has 2 fully saturated rings. The van der Waals surface area contributed by atoms with Crippen LogP contribution in [0.4, 0.5) is 0 Å². The highest BCUT2D eigenvalue weighted by Crippen LogP contribution is 2.27. The molecule has 3 heterocycles. The van der Waals surface area contributed by atoms with Gasteiger partial charge in [0.2, 0.25) is 0 Å². The number of nitrogens with zero attached hydrogens (tertiary/aromatic N) is 2. The minimum absolute atomic E-state index is 0.00608. The first kappa shape index (κ1) is 13.5. The molecule has 2 aliphatic rings. The van der Waals surface area contributed by atoms with Crippen molar-refractivity contribution in [1.82, 2.24) is 14.5 Å². The molecule has 0 aliphatic carbocycles. The molecule has 3 atom stereocenters. The number of aliphatic hydroxyl groups excluding tert-OH is 2. The number of aliphatic hydroxyl groups is 2. The number of hydrogen-bond acceptors (Lipinski definition) is 6. The van der Waals surface area contributed by atoms with Crippen LogP contribution in [0.1, 0.15) is 17.7 Å². The van der Waals surface area contributed by atoms with Crippen molar-refractivity contribution in [3.05, 3.63) is 32.6 Å². The van der Waals surface area contributed by atoms with Gasteiger partial charge < -0.3 is 19.8 Å². The lowest BCUT2D eigenvalue weighted by Gasteiger charge is -2.37. The SMILES string of the molecule is CN1CC(n2cc([C@@H]3OC[C@@H](O)[C@H]3O)c(=O)[nH]c2=O)C1. The van der Waals surface area contributed by atoms with Gasteiger partial charge in [0.1, 0.15) is 18.3 Å². The standard InChI is InChI=1S/C12H17N3O5/c1-14-2-6(3-14)15-4-7(11(18)13-12(15)19)10-9(17)8(16)5-20-10/h4,6,8-10,16-17H,2-3,5H2,1H3,(H,13,18,19)/t8-,9-,10+/m1/s1. The molecule has 2 aliphatic heterocycles. The van der Waals surface area contributed by atoms with Crippen molar-refractivity contribution in [3.8, 4) is 0 Å². The van der Waals surface area contributed by atoms with E-state index in [4.69, 9.17) is 4.74 Å². The Kier molecular flexibility index (Phi) is 3.25. The van der Waals surface area contributed by atoms with Gasteiger partial charge in [0.25, 0.3) is 5.56 Å². The molecule has 20 heavy (non-hydrogen) atoms. The maximum atomic E-state index is 11.9. The van der Waals surface area contributed by atoms with Crippen LogP contribution in [-0.4, -0.2) is 63.6 Å². The summed E-state index contributed by atoms with van der Waals surface area (Å²) < 4.78 is 6.70. The van der Waals surface area contributed by atoms with Gasteiger partial charge in [0.15, 0.2) is 0 Å². The maximum Gasteiger partial charge on any atom is 0.328 e. The van der Waals surface area contributed by atoms with E-state index >= 15 is 0 Å². The van der Waals surface area contributed by atoms with Gasteiger partial charge in [-0.1, -0.05) is 0 Å². The van der Waals surface area contributed by atoms with Crippen molar-refractivity contribution in [2.24, 2.45) is 0 Å². The summed E-state index contributed by atoms with van der Waals surface area (Å²) in [5.74, 6) is 0. The monoisotopic (exact) mass is 283 g/mol. The number of H-pyrrole nitrogens is 1. The normalized spacial score (nSPS) is 31.4. The average molecular weight is 283 g/mol. The molecule has 0 saturated carbocycles. The highest BCUT2D eigenvalue weighted by Gasteiger charge is 2.38. The Morgan fingerprint density at radius 3 is 2.60 bits per heavy atom. The minimum atomic E-state index is -1.16. The number of ether oxygens (including phenoxy) is 1. The van der Waals surface area contributed by atoms with Crippen LogP contribution in [0.5, 0.6) is 0 Å². The Morgan fingerprint density at radius 1 is 1.35 bits per heavy atom. The van der Waals surface area contributed by atoms with Gasteiger partial charge in [-0.25, -0.2) is 4.79 Å². The molecule has 0 amide bonds. The van der Waals surface area contributed by atoms with E-state index in [0.717, 1.165) is 13.1 Å². The summed E-state index contributed by atoms with van der Waals surface area (Å²) in [7, 11) is 1.94. The zero-order valence-electron chi connectivity index (χ0n) is 11.0. The summed E-state index contributed by atoms with van der Waals surface area (Å²) in [5.41, 5.74) is -0.884. The van der Waals surface area contributed by atoms with Gasteiger partial charge in [-0.05, 0) is 7.05 Å². The van der Waals surface area contributed by atoms with Crippen LogP contribution in [-0.2, 0) is 4.74 Å². The topological polar surface area (TPSA) is 108 Å². The fourth-order valence-corrected chi connectivity index (χ4v) is 2.69. The molecule has 0 bridgehead atoms. The molecule has 1 aromatic heterocycles. The molecular weight excluding hydrogens is 266 g/mol. The van der Waals surface area contributed by atoms with Crippen molar-refractivity contribution in [3.63, 3.8) is 0 Å². The number of likely N-dealkylation sites (tertiary alicyclic amines) is 1. The van der Waals surface area contributed by atoms with Gasteiger partial charge in [-0.3, -0.25) is 14.3 Å². The number of nitrogens with one attached hydrogen (secondary N) is 1. The lowest BCUT2D eigenvalue weighted by Crippen LogP contribution is -2.49. The Balaban J connectivity index is 1.97. The molecular formula is C12H17N3O5. The van der Waals surface area contributed by atoms with E-state index in [1.807, 2.05) is 11.9 Å². The molecule has 0 spiro atoms. The van der Waals surface area contributed by atoms with E-state index in [2.05, 4.69) is 4.98 Å². The Bertz CT molecular complexity index is 618.